The molecule has 1 aliphatic rings. The minimum Gasteiger partial charge on any atom is -0.493 e. The Morgan fingerprint density at radius 2 is 1.56 bits per heavy atom. The first-order valence-electron chi connectivity index (χ1n) is 7.80. The Kier molecular flexibility index (Phi) is 5.45. The van der Waals surface area contributed by atoms with Crippen LogP contribution in [-0.2, 0) is 13.1 Å². The number of methoxy groups -OCH3 is 2. The zero-order chi connectivity index (χ0) is 17.6. The molecule has 7 heteroatoms. The first-order chi connectivity index (χ1) is 12.2. The van der Waals surface area contributed by atoms with Crippen molar-refractivity contribution in [3.05, 3.63) is 47.5 Å². The second-order valence-electron chi connectivity index (χ2n) is 5.41. The molecule has 0 amide bonds. The van der Waals surface area contributed by atoms with E-state index in [1.165, 1.54) is 0 Å². The van der Waals surface area contributed by atoms with Crippen molar-refractivity contribution in [1.29, 1.82) is 0 Å². The van der Waals surface area contributed by atoms with E-state index < -0.39 is 0 Å². The van der Waals surface area contributed by atoms with Crippen molar-refractivity contribution in [2.45, 2.75) is 13.1 Å². The van der Waals surface area contributed by atoms with E-state index in [1.54, 1.807) is 14.2 Å². The number of hydrogen-bond donors (Lipinski definition) is 2. The maximum atomic E-state index is 5.37. The molecule has 0 spiro atoms. The molecule has 3 rings (SSSR count). The molecular formula is C18H20N2O4S. The third kappa shape index (κ3) is 4.24. The molecule has 0 unspecified atom stereocenters. The lowest BCUT2D eigenvalue weighted by molar-refractivity contribution is 0.174. The van der Waals surface area contributed by atoms with Gasteiger partial charge in [-0.25, -0.2) is 0 Å². The Morgan fingerprint density at radius 1 is 0.920 bits per heavy atom. The van der Waals surface area contributed by atoms with Crippen LogP contribution in [0.3, 0.4) is 0 Å². The highest BCUT2D eigenvalue weighted by molar-refractivity contribution is 7.80. The molecule has 0 atom stereocenters. The monoisotopic (exact) mass is 360 g/mol. The van der Waals surface area contributed by atoms with Gasteiger partial charge < -0.3 is 29.6 Å². The fraction of sp³-hybridized carbons (Fsp3) is 0.278. The van der Waals surface area contributed by atoms with Crippen LogP contribution in [0.15, 0.2) is 36.4 Å². The van der Waals surface area contributed by atoms with E-state index in [4.69, 9.17) is 31.2 Å². The minimum absolute atomic E-state index is 0.275. The molecule has 1 heterocycles. The lowest BCUT2D eigenvalue weighted by Gasteiger charge is -2.13. The quantitative estimate of drug-likeness (QED) is 0.768. The van der Waals surface area contributed by atoms with Gasteiger partial charge in [-0.1, -0.05) is 12.1 Å². The van der Waals surface area contributed by atoms with Gasteiger partial charge in [0, 0.05) is 13.1 Å². The van der Waals surface area contributed by atoms with Crippen molar-refractivity contribution in [1.82, 2.24) is 10.6 Å². The number of hydrogen-bond acceptors (Lipinski definition) is 5. The van der Waals surface area contributed by atoms with Gasteiger partial charge >= 0.3 is 0 Å². The van der Waals surface area contributed by atoms with E-state index in [2.05, 4.69) is 10.6 Å². The number of benzene rings is 2. The minimum atomic E-state index is 0.275. The van der Waals surface area contributed by atoms with Crippen LogP contribution in [0.1, 0.15) is 11.1 Å². The van der Waals surface area contributed by atoms with E-state index in [1.807, 2.05) is 36.4 Å². The van der Waals surface area contributed by atoms with E-state index >= 15 is 0 Å². The summed E-state index contributed by atoms with van der Waals surface area (Å²) in [7, 11) is 3.23. The predicted molar refractivity (Wildman–Crippen MR) is 98.4 cm³/mol. The van der Waals surface area contributed by atoms with Crippen LogP contribution in [0.2, 0.25) is 0 Å². The maximum Gasteiger partial charge on any atom is 0.231 e. The largest absolute Gasteiger partial charge is 0.493 e. The number of nitrogens with one attached hydrogen (secondary N) is 2. The van der Waals surface area contributed by atoms with Crippen LogP contribution in [0, 0.1) is 0 Å². The van der Waals surface area contributed by atoms with Gasteiger partial charge in [-0.05, 0) is 47.6 Å². The van der Waals surface area contributed by atoms with Gasteiger partial charge in [0.25, 0.3) is 0 Å². The summed E-state index contributed by atoms with van der Waals surface area (Å²) in [6.45, 7) is 1.47. The van der Waals surface area contributed by atoms with Gasteiger partial charge in [0.05, 0.1) is 14.2 Å². The summed E-state index contributed by atoms with van der Waals surface area (Å²) in [6, 6.07) is 11.6. The average Bonchev–Trinajstić information content (AvgIpc) is 3.12. The molecule has 0 radical (unpaired) electrons. The zero-order valence-electron chi connectivity index (χ0n) is 14.1. The molecule has 0 aromatic heterocycles. The summed E-state index contributed by atoms with van der Waals surface area (Å²) in [4.78, 5) is 0. The normalized spacial score (nSPS) is 11.8. The Hall–Kier alpha value is -2.67. The van der Waals surface area contributed by atoms with Gasteiger partial charge in [-0.2, -0.15) is 0 Å². The molecule has 6 nitrogen and oxygen atoms in total. The van der Waals surface area contributed by atoms with Crippen LogP contribution in [0.4, 0.5) is 0 Å². The van der Waals surface area contributed by atoms with Crippen molar-refractivity contribution in [3.63, 3.8) is 0 Å². The molecule has 0 saturated heterocycles. The van der Waals surface area contributed by atoms with Crippen LogP contribution in [-0.4, -0.2) is 26.1 Å². The van der Waals surface area contributed by atoms with Gasteiger partial charge in [0.2, 0.25) is 6.79 Å². The Bertz CT molecular complexity index is 767. The van der Waals surface area contributed by atoms with E-state index in [-0.39, 0.29) is 6.79 Å². The smallest absolute Gasteiger partial charge is 0.231 e. The lowest BCUT2D eigenvalue weighted by Crippen LogP contribution is -2.34. The fourth-order valence-electron chi connectivity index (χ4n) is 2.47. The van der Waals surface area contributed by atoms with Crippen LogP contribution in [0.5, 0.6) is 23.0 Å². The second kappa shape index (κ2) is 7.94. The van der Waals surface area contributed by atoms with Crippen LogP contribution < -0.4 is 29.6 Å². The third-order valence-electron chi connectivity index (χ3n) is 3.79. The summed E-state index contributed by atoms with van der Waals surface area (Å²) < 4.78 is 21.2. The highest BCUT2D eigenvalue weighted by atomic mass is 32.1. The summed E-state index contributed by atoms with van der Waals surface area (Å²) >= 11 is 5.33. The SMILES string of the molecule is COc1ccc(CNC(=S)NCc2ccc3c(c2)OCO3)cc1OC. The van der Waals surface area contributed by atoms with Crippen molar-refractivity contribution >= 4 is 17.3 Å². The van der Waals surface area contributed by atoms with E-state index in [9.17, 15) is 0 Å². The first-order valence-corrected chi connectivity index (χ1v) is 8.21. The molecule has 25 heavy (non-hydrogen) atoms. The van der Waals surface area contributed by atoms with E-state index in [0.717, 1.165) is 22.6 Å². The average molecular weight is 360 g/mol. The number of ether oxygens (including phenoxy) is 4. The standard InChI is InChI=1S/C18H20N2O4S/c1-21-14-5-3-12(7-16(14)22-2)9-19-18(25)20-10-13-4-6-15-17(8-13)24-11-23-15/h3-8H,9-11H2,1-2H3,(H2,19,20,25). The molecule has 2 aromatic carbocycles. The molecule has 0 saturated carbocycles. The third-order valence-corrected chi connectivity index (χ3v) is 4.08. The van der Waals surface area contributed by atoms with Crippen LogP contribution >= 0.6 is 12.2 Å². The highest BCUT2D eigenvalue weighted by Gasteiger charge is 2.13. The Balaban J connectivity index is 1.50. The summed E-state index contributed by atoms with van der Waals surface area (Å²) in [5.74, 6) is 2.94. The van der Waals surface area contributed by atoms with Gasteiger partial charge in [-0.15, -0.1) is 0 Å². The van der Waals surface area contributed by atoms with E-state index in [0.29, 0.717) is 29.7 Å². The number of thiocarbonyl (C=S) groups is 1. The maximum absolute atomic E-state index is 5.37. The summed E-state index contributed by atoms with van der Waals surface area (Å²) in [5.41, 5.74) is 2.12. The predicted octanol–water partition coefficient (Wildman–Crippen LogP) is 2.60. The van der Waals surface area contributed by atoms with Crippen molar-refractivity contribution in [3.8, 4) is 23.0 Å². The topological polar surface area (TPSA) is 61.0 Å². The lowest BCUT2D eigenvalue weighted by atomic mass is 10.2. The molecule has 132 valence electrons. The summed E-state index contributed by atoms with van der Waals surface area (Å²) in [6.07, 6.45) is 0. The molecular weight excluding hydrogens is 340 g/mol. The number of fused-ring (bicyclic) bond motifs is 1. The van der Waals surface area contributed by atoms with Crippen molar-refractivity contribution < 1.29 is 18.9 Å². The fourth-order valence-corrected chi connectivity index (χ4v) is 2.61. The second-order valence-corrected chi connectivity index (χ2v) is 5.82. The zero-order valence-corrected chi connectivity index (χ0v) is 14.9. The molecule has 2 N–H and O–H groups in total. The van der Waals surface area contributed by atoms with Gasteiger partial charge in [-0.3, -0.25) is 0 Å². The molecule has 0 bridgehead atoms. The van der Waals surface area contributed by atoms with Crippen molar-refractivity contribution in [2.24, 2.45) is 0 Å². The van der Waals surface area contributed by atoms with Crippen molar-refractivity contribution in [2.75, 3.05) is 21.0 Å². The van der Waals surface area contributed by atoms with Gasteiger partial charge in [0.1, 0.15) is 0 Å². The summed E-state index contributed by atoms with van der Waals surface area (Å²) in [5, 5.41) is 6.93. The Labute approximate surface area is 152 Å². The van der Waals surface area contributed by atoms with Crippen LogP contribution in [0.25, 0.3) is 0 Å². The molecule has 2 aromatic rings. The Morgan fingerprint density at radius 3 is 2.28 bits per heavy atom. The molecule has 0 fully saturated rings. The molecule has 0 aliphatic carbocycles. The highest BCUT2D eigenvalue weighted by Crippen LogP contribution is 2.32. The van der Waals surface area contributed by atoms with Gasteiger partial charge in [0.15, 0.2) is 28.1 Å². The first kappa shape index (κ1) is 17.2. The number of rotatable bonds is 6. The molecule has 1 aliphatic heterocycles.